The number of sulfonamides is 1. The van der Waals surface area contributed by atoms with E-state index in [0.717, 1.165) is 5.56 Å². The van der Waals surface area contributed by atoms with Crippen LogP contribution in [0.25, 0.3) is 10.2 Å². The molecule has 0 amide bonds. The van der Waals surface area contributed by atoms with Gasteiger partial charge in [0.2, 0.25) is 0 Å². The van der Waals surface area contributed by atoms with E-state index in [1.54, 1.807) is 48.1 Å². The summed E-state index contributed by atoms with van der Waals surface area (Å²) >= 11 is 1.23. The van der Waals surface area contributed by atoms with Crippen LogP contribution in [0.2, 0.25) is 0 Å². The Morgan fingerprint density at radius 1 is 1.16 bits per heavy atom. The molecular formula is C20H15N5O4S2. The Bertz CT molecular complexity index is 1510. The molecule has 5 rings (SSSR count). The van der Waals surface area contributed by atoms with Crippen molar-refractivity contribution in [3.8, 4) is 5.75 Å². The van der Waals surface area contributed by atoms with Crippen LogP contribution in [0, 0.1) is 0 Å². The van der Waals surface area contributed by atoms with Gasteiger partial charge in [-0.1, -0.05) is 18.2 Å². The highest BCUT2D eigenvalue weighted by Crippen LogP contribution is 2.34. The molecular weight excluding hydrogens is 438 g/mol. The zero-order valence-corrected chi connectivity index (χ0v) is 17.4. The highest BCUT2D eigenvalue weighted by atomic mass is 32.2. The topological polar surface area (TPSA) is 126 Å². The lowest BCUT2D eigenvalue weighted by Crippen LogP contribution is -2.36. The van der Waals surface area contributed by atoms with Crippen molar-refractivity contribution < 1.29 is 13.5 Å². The van der Waals surface area contributed by atoms with Gasteiger partial charge < -0.3 is 15.8 Å². The van der Waals surface area contributed by atoms with Crippen LogP contribution in [0.4, 0.5) is 5.69 Å². The fraction of sp³-hybridized carbons (Fsp3) is 0.0500. The van der Waals surface area contributed by atoms with Crippen molar-refractivity contribution in [2.45, 2.75) is 11.4 Å². The number of aromatic nitrogens is 2. The number of amidine groups is 1. The average molecular weight is 454 g/mol. The maximum atomic E-state index is 13.4. The number of para-hydroxylation sites is 1. The molecule has 0 saturated carbocycles. The fourth-order valence-electron chi connectivity index (χ4n) is 3.36. The molecule has 9 nitrogen and oxygen atoms in total. The summed E-state index contributed by atoms with van der Waals surface area (Å²) in [6, 6.07) is 11.6. The van der Waals surface area contributed by atoms with Crippen LogP contribution in [0.3, 0.4) is 0 Å². The molecule has 0 atom stereocenters. The maximum absolute atomic E-state index is 13.4. The number of nitrogens with one attached hydrogen (secondary N) is 2. The summed E-state index contributed by atoms with van der Waals surface area (Å²) in [6.45, 7) is 0.296. The van der Waals surface area contributed by atoms with Crippen molar-refractivity contribution in [3.63, 3.8) is 0 Å². The van der Waals surface area contributed by atoms with Gasteiger partial charge >= 0.3 is 0 Å². The molecule has 0 bridgehead atoms. The van der Waals surface area contributed by atoms with Gasteiger partial charge in [-0.3, -0.25) is 9.78 Å². The van der Waals surface area contributed by atoms with Gasteiger partial charge in [-0.15, -0.1) is 15.7 Å². The van der Waals surface area contributed by atoms with Gasteiger partial charge in [0.1, 0.15) is 10.5 Å². The smallest absolute Gasteiger partial charge is 0.286 e. The number of fused-ring (bicyclic) bond motifs is 2. The second-order valence-electron chi connectivity index (χ2n) is 6.73. The molecule has 1 aliphatic heterocycles. The minimum absolute atomic E-state index is 0.00506. The molecule has 1 aliphatic rings. The van der Waals surface area contributed by atoms with Crippen molar-refractivity contribution in [3.05, 3.63) is 81.7 Å². The number of hydrogen-bond acceptors (Lipinski definition) is 8. The third-order valence-electron chi connectivity index (χ3n) is 4.78. The molecule has 3 aromatic heterocycles. The normalized spacial score (nSPS) is 14.5. The Morgan fingerprint density at radius 3 is 2.81 bits per heavy atom. The molecule has 0 aliphatic carbocycles. The van der Waals surface area contributed by atoms with Crippen LogP contribution in [0.5, 0.6) is 5.75 Å². The van der Waals surface area contributed by atoms with E-state index in [0.29, 0.717) is 16.8 Å². The zero-order chi connectivity index (χ0) is 21.6. The first-order valence-corrected chi connectivity index (χ1v) is 11.5. The predicted octanol–water partition coefficient (Wildman–Crippen LogP) is 2.47. The lowest BCUT2D eigenvalue weighted by atomic mass is 10.2. The molecule has 0 radical (unpaired) electrons. The van der Waals surface area contributed by atoms with E-state index >= 15 is 0 Å². The summed E-state index contributed by atoms with van der Waals surface area (Å²) in [6.07, 6.45) is 3.32. The molecule has 0 saturated heterocycles. The minimum Gasteiger partial charge on any atom is -0.505 e. The van der Waals surface area contributed by atoms with Gasteiger partial charge in [-0.25, -0.2) is 4.68 Å². The first kappa shape index (κ1) is 19.3. The first-order valence-electron chi connectivity index (χ1n) is 9.15. The lowest BCUT2D eigenvalue weighted by molar-refractivity contribution is 0.479. The van der Waals surface area contributed by atoms with Crippen molar-refractivity contribution in [1.29, 1.82) is 0 Å². The van der Waals surface area contributed by atoms with E-state index in [-0.39, 0.29) is 27.7 Å². The molecule has 0 fully saturated rings. The number of thiophene rings is 1. The van der Waals surface area contributed by atoms with E-state index in [2.05, 4.69) is 20.1 Å². The maximum Gasteiger partial charge on any atom is 0.286 e. The summed E-state index contributed by atoms with van der Waals surface area (Å²) in [5.41, 5.74) is 3.77. The van der Waals surface area contributed by atoms with E-state index in [1.165, 1.54) is 22.1 Å². The number of pyridine rings is 2. The second kappa shape index (κ2) is 7.22. The standard InChI is InChI=1S/C20H15N5O4S2/c26-17-16(19-23-13-5-1-2-6-15(13)31(28,29)24-19)20(27)25(14-7-9-30-18(14)17)22-11-12-4-3-8-21-10-12/h1-10,22,26H,11H2,(H,23,24). The Labute approximate surface area is 180 Å². The molecule has 1 aromatic carbocycles. The van der Waals surface area contributed by atoms with Crippen LogP contribution in [-0.2, 0) is 16.6 Å². The molecule has 0 unspecified atom stereocenters. The van der Waals surface area contributed by atoms with Gasteiger partial charge in [-0.05, 0) is 35.2 Å². The Balaban J connectivity index is 1.67. The number of aromatic hydroxyl groups is 1. The van der Waals surface area contributed by atoms with Crippen LogP contribution in [-0.4, -0.2) is 29.0 Å². The molecule has 4 heterocycles. The number of anilines is 1. The van der Waals surface area contributed by atoms with E-state index in [1.807, 2.05) is 6.07 Å². The van der Waals surface area contributed by atoms with E-state index in [9.17, 15) is 18.3 Å². The summed E-state index contributed by atoms with van der Waals surface area (Å²) < 4.78 is 30.8. The highest BCUT2D eigenvalue weighted by Gasteiger charge is 2.30. The van der Waals surface area contributed by atoms with Crippen molar-refractivity contribution >= 4 is 43.1 Å². The number of rotatable bonds is 4. The molecule has 11 heteroatoms. The third-order valence-corrected chi connectivity index (χ3v) is 7.03. The van der Waals surface area contributed by atoms with Gasteiger partial charge in [0.15, 0.2) is 11.6 Å². The summed E-state index contributed by atoms with van der Waals surface area (Å²) in [4.78, 5) is 17.4. The predicted molar refractivity (Wildman–Crippen MR) is 119 cm³/mol. The summed E-state index contributed by atoms with van der Waals surface area (Å²) in [5.74, 6) is -0.552. The van der Waals surface area contributed by atoms with Crippen LogP contribution in [0.1, 0.15) is 11.1 Å². The third kappa shape index (κ3) is 3.23. The van der Waals surface area contributed by atoms with E-state index in [4.69, 9.17) is 0 Å². The molecule has 31 heavy (non-hydrogen) atoms. The minimum atomic E-state index is -4.04. The quantitative estimate of drug-likeness (QED) is 0.433. The second-order valence-corrected chi connectivity index (χ2v) is 9.22. The van der Waals surface area contributed by atoms with Crippen LogP contribution < -0.4 is 16.3 Å². The first-order chi connectivity index (χ1) is 15.0. The van der Waals surface area contributed by atoms with Crippen molar-refractivity contribution in [2.75, 3.05) is 10.7 Å². The monoisotopic (exact) mass is 453 g/mol. The van der Waals surface area contributed by atoms with Gasteiger partial charge in [0, 0.05) is 12.4 Å². The Morgan fingerprint density at radius 2 is 2.00 bits per heavy atom. The summed E-state index contributed by atoms with van der Waals surface area (Å²) in [5, 5.41) is 15.4. The SMILES string of the molecule is O=c1c(C2=NS(=O)(=O)c3ccccc3N2)c(O)c2sccc2n1NCc1cccnc1. The number of nitrogens with zero attached hydrogens (tertiary/aromatic N) is 3. The summed E-state index contributed by atoms with van der Waals surface area (Å²) in [7, 11) is -4.04. The Hall–Kier alpha value is -3.70. The van der Waals surface area contributed by atoms with Crippen LogP contribution >= 0.6 is 11.3 Å². The van der Waals surface area contributed by atoms with Gasteiger partial charge in [0.05, 0.1) is 22.4 Å². The Kier molecular flexibility index (Phi) is 4.49. The number of hydrogen-bond donors (Lipinski definition) is 3. The van der Waals surface area contributed by atoms with Gasteiger partial charge in [0.25, 0.3) is 15.6 Å². The zero-order valence-electron chi connectivity index (χ0n) is 15.8. The lowest BCUT2D eigenvalue weighted by Gasteiger charge is -2.20. The fourth-order valence-corrected chi connectivity index (χ4v) is 5.31. The molecule has 0 spiro atoms. The highest BCUT2D eigenvalue weighted by molar-refractivity contribution is 7.90. The van der Waals surface area contributed by atoms with Crippen molar-refractivity contribution in [1.82, 2.24) is 9.66 Å². The molecule has 3 N–H and O–H groups in total. The van der Waals surface area contributed by atoms with Crippen molar-refractivity contribution in [2.24, 2.45) is 4.40 Å². The largest absolute Gasteiger partial charge is 0.505 e. The van der Waals surface area contributed by atoms with Crippen LogP contribution in [0.15, 0.2) is 74.3 Å². The number of benzene rings is 1. The molecule has 156 valence electrons. The average Bonchev–Trinajstić information content (AvgIpc) is 3.24. The molecule has 4 aromatic rings. The van der Waals surface area contributed by atoms with Gasteiger partial charge in [-0.2, -0.15) is 8.42 Å². The van der Waals surface area contributed by atoms with E-state index < -0.39 is 15.6 Å².